The van der Waals surface area contributed by atoms with E-state index in [0.717, 1.165) is 25.7 Å². The Kier molecular flexibility index (Phi) is 4.59. The van der Waals surface area contributed by atoms with Gasteiger partial charge in [0, 0.05) is 0 Å². The Hall–Kier alpha value is -0.420. The first-order valence-electron chi connectivity index (χ1n) is 7.65. The van der Waals surface area contributed by atoms with Crippen molar-refractivity contribution in [1.82, 2.24) is 0 Å². The molecule has 2 rings (SSSR count). The second-order valence-corrected chi connectivity index (χ2v) is 7.29. The fraction of sp³-hybridized carbons (Fsp3) is 0.875. The van der Waals surface area contributed by atoms with Crippen molar-refractivity contribution in [1.29, 1.82) is 0 Å². The quantitative estimate of drug-likeness (QED) is 0.618. The van der Waals surface area contributed by atoms with Crippen LogP contribution in [0, 0.1) is 11.8 Å². The van der Waals surface area contributed by atoms with Crippen LogP contribution >= 0.6 is 0 Å². The molecule has 0 aromatic carbocycles. The van der Waals surface area contributed by atoms with Crippen molar-refractivity contribution in [3.8, 4) is 0 Å². The van der Waals surface area contributed by atoms with Gasteiger partial charge in [0.1, 0.15) is 11.7 Å². The fourth-order valence-electron chi connectivity index (χ4n) is 3.18. The number of aliphatic hydroxyl groups excluding tert-OH is 1. The van der Waals surface area contributed by atoms with Gasteiger partial charge in [-0.3, -0.25) is 0 Å². The average molecular weight is 284 g/mol. The number of rotatable bonds is 3. The molecule has 1 aliphatic heterocycles. The van der Waals surface area contributed by atoms with E-state index in [9.17, 15) is 10.2 Å². The molecule has 20 heavy (non-hydrogen) atoms. The standard InChI is InChI=1S/C16H28O4/c1-11-9-12-5-6-13(10-11)19-20-16(12,4)8-7-14(17)15(2,3)18/h7-8,11-14,17-18H,5-6,9-10H2,1-4H3/b8-7+/t11?,12?,13?,14-,16+/m0/s1. The Morgan fingerprint density at radius 3 is 2.65 bits per heavy atom. The summed E-state index contributed by atoms with van der Waals surface area (Å²) in [5, 5.41) is 19.7. The van der Waals surface area contributed by atoms with E-state index in [1.165, 1.54) is 0 Å². The smallest absolute Gasteiger partial charge is 0.122 e. The zero-order valence-corrected chi connectivity index (χ0v) is 13.0. The molecule has 2 bridgehead atoms. The van der Waals surface area contributed by atoms with E-state index in [-0.39, 0.29) is 6.10 Å². The van der Waals surface area contributed by atoms with Crippen LogP contribution in [0.5, 0.6) is 0 Å². The van der Waals surface area contributed by atoms with E-state index in [1.807, 2.05) is 13.0 Å². The number of hydrogen-bond acceptors (Lipinski definition) is 4. The zero-order chi connectivity index (χ0) is 15.0. The molecule has 1 heterocycles. The predicted molar refractivity (Wildman–Crippen MR) is 76.9 cm³/mol. The van der Waals surface area contributed by atoms with Gasteiger partial charge in [-0.2, -0.15) is 0 Å². The van der Waals surface area contributed by atoms with E-state index >= 15 is 0 Å². The summed E-state index contributed by atoms with van der Waals surface area (Å²) in [6.07, 6.45) is 7.04. The summed E-state index contributed by atoms with van der Waals surface area (Å²) < 4.78 is 0. The molecule has 2 N–H and O–H groups in total. The molecular weight excluding hydrogens is 256 g/mol. The summed E-state index contributed by atoms with van der Waals surface area (Å²) in [4.78, 5) is 11.3. The lowest BCUT2D eigenvalue weighted by Crippen LogP contribution is -2.39. The molecular formula is C16H28O4. The van der Waals surface area contributed by atoms with Gasteiger partial charge in [-0.25, -0.2) is 9.78 Å². The van der Waals surface area contributed by atoms with Crippen LogP contribution in [0.25, 0.3) is 0 Å². The number of fused-ring (bicyclic) bond motifs is 3. The molecule has 4 nitrogen and oxygen atoms in total. The van der Waals surface area contributed by atoms with Gasteiger partial charge in [0.25, 0.3) is 0 Å². The van der Waals surface area contributed by atoms with Gasteiger partial charge < -0.3 is 10.2 Å². The van der Waals surface area contributed by atoms with E-state index in [4.69, 9.17) is 9.78 Å². The maximum Gasteiger partial charge on any atom is 0.122 e. The Bertz CT molecular complexity index is 360. The Morgan fingerprint density at radius 2 is 2.00 bits per heavy atom. The molecule has 4 heteroatoms. The molecule has 0 amide bonds. The second kappa shape index (κ2) is 5.76. The molecule has 1 aliphatic carbocycles. The molecule has 116 valence electrons. The molecule has 2 fully saturated rings. The van der Waals surface area contributed by atoms with Crippen molar-refractivity contribution in [2.75, 3.05) is 0 Å². The molecule has 0 spiro atoms. The molecule has 0 aromatic rings. The van der Waals surface area contributed by atoms with Crippen LogP contribution in [0.15, 0.2) is 12.2 Å². The molecule has 0 aromatic heterocycles. The number of aliphatic hydroxyl groups is 2. The largest absolute Gasteiger partial charge is 0.387 e. The van der Waals surface area contributed by atoms with Gasteiger partial charge in [0.05, 0.1) is 11.7 Å². The fourth-order valence-corrected chi connectivity index (χ4v) is 3.18. The van der Waals surface area contributed by atoms with Gasteiger partial charge in [-0.15, -0.1) is 0 Å². The van der Waals surface area contributed by atoms with Crippen LogP contribution in [0.1, 0.15) is 53.4 Å². The summed E-state index contributed by atoms with van der Waals surface area (Å²) in [7, 11) is 0. The maximum atomic E-state index is 9.94. The van der Waals surface area contributed by atoms with E-state index in [0.29, 0.717) is 11.8 Å². The highest BCUT2D eigenvalue weighted by atomic mass is 17.2. The van der Waals surface area contributed by atoms with Crippen molar-refractivity contribution in [3.63, 3.8) is 0 Å². The average Bonchev–Trinajstić information content (AvgIpc) is 2.61. The molecule has 0 radical (unpaired) electrons. The summed E-state index contributed by atoms with van der Waals surface area (Å²) >= 11 is 0. The molecule has 1 saturated carbocycles. The first kappa shape index (κ1) is 16.0. The van der Waals surface area contributed by atoms with Gasteiger partial charge in [-0.05, 0) is 58.3 Å². The van der Waals surface area contributed by atoms with Crippen LogP contribution in [0.3, 0.4) is 0 Å². The van der Waals surface area contributed by atoms with Crippen LogP contribution in [-0.2, 0) is 9.78 Å². The molecule has 2 aliphatic rings. The van der Waals surface area contributed by atoms with E-state index in [1.54, 1.807) is 19.9 Å². The Morgan fingerprint density at radius 1 is 1.30 bits per heavy atom. The Balaban J connectivity index is 2.14. The van der Waals surface area contributed by atoms with Crippen molar-refractivity contribution in [2.45, 2.75) is 76.8 Å². The van der Waals surface area contributed by atoms with E-state index in [2.05, 4.69) is 6.92 Å². The van der Waals surface area contributed by atoms with Crippen LogP contribution < -0.4 is 0 Å². The third-order valence-corrected chi connectivity index (χ3v) is 4.70. The molecule has 5 atom stereocenters. The Labute approximate surface area is 121 Å². The van der Waals surface area contributed by atoms with Crippen molar-refractivity contribution < 1.29 is 20.0 Å². The van der Waals surface area contributed by atoms with Crippen molar-refractivity contribution in [3.05, 3.63) is 12.2 Å². The van der Waals surface area contributed by atoms with Crippen molar-refractivity contribution in [2.24, 2.45) is 11.8 Å². The minimum atomic E-state index is -1.15. The second-order valence-electron chi connectivity index (χ2n) is 7.29. The topological polar surface area (TPSA) is 58.9 Å². The SMILES string of the molecule is CC1CC2CCC(C1)[C@@](C)(/C=C/[C@H](O)C(C)(C)O)OO2. The summed E-state index contributed by atoms with van der Waals surface area (Å²) in [6.45, 7) is 7.45. The first-order chi connectivity index (χ1) is 9.21. The predicted octanol–water partition coefficient (Wildman–Crippen LogP) is 2.59. The highest BCUT2D eigenvalue weighted by Crippen LogP contribution is 2.42. The van der Waals surface area contributed by atoms with Gasteiger partial charge >= 0.3 is 0 Å². The molecule has 3 unspecified atom stereocenters. The highest BCUT2D eigenvalue weighted by molar-refractivity contribution is 5.08. The maximum absolute atomic E-state index is 9.94. The summed E-state index contributed by atoms with van der Waals surface area (Å²) in [5.74, 6) is 1.01. The lowest BCUT2D eigenvalue weighted by Gasteiger charge is -2.35. The van der Waals surface area contributed by atoms with Crippen LogP contribution in [0.2, 0.25) is 0 Å². The van der Waals surface area contributed by atoms with Gasteiger partial charge in [0.15, 0.2) is 0 Å². The van der Waals surface area contributed by atoms with E-state index < -0.39 is 17.3 Å². The first-order valence-corrected chi connectivity index (χ1v) is 7.65. The zero-order valence-electron chi connectivity index (χ0n) is 13.0. The highest BCUT2D eigenvalue weighted by Gasteiger charge is 2.42. The van der Waals surface area contributed by atoms with Crippen LogP contribution in [-0.4, -0.2) is 33.6 Å². The normalized spacial score (nSPS) is 40.6. The number of hydrogen-bond donors (Lipinski definition) is 2. The third-order valence-electron chi connectivity index (χ3n) is 4.70. The lowest BCUT2D eigenvalue weighted by atomic mass is 9.80. The molecule has 1 saturated heterocycles. The van der Waals surface area contributed by atoms with Gasteiger partial charge in [-0.1, -0.05) is 19.1 Å². The lowest BCUT2D eigenvalue weighted by molar-refractivity contribution is -0.376. The summed E-state index contributed by atoms with van der Waals surface area (Å²) in [6, 6.07) is 0. The monoisotopic (exact) mass is 284 g/mol. The van der Waals surface area contributed by atoms with Crippen LogP contribution in [0.4, 0.5) is 0 Å². The minimum Gasteiger partial charge on any atom is -0.387 e. The van der Waals surface area contributed by atoms with Gasteiger partial charge in [0.2, 0.25) is 0 Å². The minimum absolute atomic E-state index is 0.185. The van der Waals surface area contributed by atoms with Crippen molar-refractivity contribution >= 4 is 0 Å². The summed E-state index contributed by atoms with van der Waals surface area (Å²) in [5.41, 5.74) is -1.68. The third kappa shape index (κ3) is 3.61.